The number of ether oxygens (including phenoxy) is 1. The van der Waals surface area contributed by atoms with Gasteiger partial charge in [-0.3, -0.25) is 9.80 Å². The Morgan fingerprint density at radius 1 is 1.43 bits per heavy atom. The standard InChI is InChI=1S/C18H25N3O2/c1-12-5-6-16-14(9-12)15(10-18(3,4)23-16)19-17(22)11-21-8-7-13(2)20-21/h5-6,9,15H,7-8,10-11H2,1-4H3,(H,19,22). The Balaban J connectivity index is 1.74. The zero-order valence-corrected chi connectivity index (χ0v) is 14.3. The van der Waals surface area contributed by atoms with Gasteiger partial charge in [-0.2, -0.15) is 5.10 Å². The summed E-state index contributed by atoms with van der Waals surface area (Å²) in [5.74, 6) is 0.880. The minimum atomic E-state index is -0.289. The van der Waals surface area contributed by atoms with Gasteiger partial charge in [0.05, 0.1) is 6.04 Å². The molecule has 124 valence electrons. The quantitative estimate of drug-likeness (QED) is 0.933. The molecule has 2 aliphatic rings. The van der Waals surface area contributed by atoms with Gasteiger partial charge in [0.25, 0.3) is 0 Å². The molecule has 1 atom stereocenters. The number of carbonyl (C=O) groups is 1. The molecule has 0 aromatic heterocycles. The number of amides is 1. The van der Waals surface area contributed by atoms with Crippen LogP contribution in [0, 0.1) is 6.92 Å². The number of hydrogen-bond acceptors (Lipinski definition) is 4. The molecular weight excluding hydrogens is 290 g/mol. The molecule has 0 radical (unpaired) electrons. The van der Waals surface area contributed by atoms with E-state index >= 15 is 0 Å². The average molecular weight is 315 g/mol. The van der Waals surface area contributed by atoms with Gasteiger partial charge in [-0.25, -0.2) is 0 Å². The highest BCUT2D eigenvalue weighted by molar-refractivity contribution is 5.84. The molecule has 2 heterocycles. The zero-order valence-electron chi connectivity index (χ0n) is 14.3. The summed E-state index contributed by atoms with van der Waals surface area (Å²) in [7, 11) is 0. The Morgan fingerprint density at radius 2 is 2.22 bits per heavy atom. The number of aryl methyl sites for hydroxylation is 1. The summed E-state index contributed by atoms with van der Waals surface area (Å²) in [6.07, 6.45) is 1.71. The van der Waals surface area contributed by atoms with Crippen LogP contribution in [0.2, 0.25) is 0 Å². The summed E-state index contributed by atoms with van der Waals surface area (Å²) < 4.78 is 6.05. The second-order valence-electron chi connectivity index (χ2n) is 7.20. The van der Waals surface area contributed by atoms with Crippen molar-refractivity contribution in [3.05, 3.63) is 29.3 Å². The molecule has 0 aliphatic carbocycles. The van der Waals surface area contributed by atoms with E-state index in [1.54, 1.807) is 0 Å². The molecule has 1 unspecified atom stereocenters. The van der Waals surface area contributed by atoms with Crippen molar-refractivity contribution in [2.45, 2.75) is 52.2 Å². The van der Waals surface area contributed by atoms with Crippen molar-refractivity contribution in [3.8, 4) is 5.75 Å². The highest BCUT2D eigenvalue weighted by atomic mass is 16.5. The topological polar surface area (TPSA) is 53.9 Å². The molecule has 0 spiro atoms. The minimum absolute atomic E-state index is 0.0126. The van der Waals surface area contributed by atoms with E-state index in [4.69, 9.17) is 4.74 Å². The first kappa shape index (κ1) is 15.8. The minimum Gasteiger partial charge on any atom is -0.487 e. The first-order valence-electron chi connectivity index (χ1n) is 8.20. The second kappa shape index (κ2) is 5.87. The molecule has 23 heavy (non-hydrogen) atoms. The number of benzene rings is 1. The third kappa shape index (κ3) is 3.66. The van der Waals surface area contributed by atoms with E-state index in [1.807, 2.05) is 24.1 Å². The first-order valence-corrected chi connectivity index (χ1v) is 8.20. The van der Waals surface area contributed by atoms with Crippen molar-refractivity contribution < 1.29 is 9.53 Å². The highest BCUT2D eigenvalue weighted by Crippen LogP contribution is 2.39. The molecule has 1 amide bonds. The van der Waals surface area contributed by atoms with Crippen LogP contribution in [0.15, 0.2) is 23.3 Å². The van der Waals surface area contributed by atoms with Crippen molar-refractivity contribution in [3.63, 3.8) is 0 Å². The molecule has 0 fully saturated rings. The fourth-order valence-corrected chi connectivity index (χ4v) is 3.26. The van der Waals surface area contributed by atoms with Gasteiger partial charge in [0.1, 0.15) is 17.9 Å². The number of nitrogens with one attached hydrogen (secondary N) is 1. The van der Waals surface area contributed by atoms with Gasteiger partial charge in [0.2, 0.25) is 5.91 Å². The van der Waals surface area contributed by atoms with Gasteiger partial charge >= 0.3 is 0 Å². The monoisotopic (exact) mass is 315 g/mol. The lowest BCUT2D eigenvalue weighted by atomic mass is 9.89. The average Bonchev–Trinajstić information content (AvgIpc) is 2.84. The maximum absolute atomic E-state index is 12.4. The van der Waals surface area contributed by atoms with E-state index in [-0.39, 0.29) is 17.6 Å². The van der Waals surface area contributed by atoms with Crippen LogP contribution in [0.3, 0.4) is 0 Å². The highest BCUT2D eigenvalue weighted by Gasteiger charge is 2.34. The van der Waals surface area contributed by atoms with Gasteiger partial charge in [0, 0.05) is 30.7 Å². The molecule has 2 aliphatic heterocycles. The lowest BCUT2D eigenvalue weighted by Crippen LogP contribution is -2.43. The molecule has 0 saturated carbocycles. The molecule has 5 heteroatoms. The fraction of sp³-hybridized carbons (Fsp3) is 0.556. The molecular formula is C18H25N3O2. The lowest BCUT2D eigenvalue weighted by Gasteiger charge is -2.38. The molecule has 1 N–H and O–H groups in total. The maximum atomic E-state index is 12.4. The van der Waals surface area contributed by atoms with Crippen LogP contribution in [0.1, 0.15) is 50.8 Å². The molecule has 1 aromatic carbocycles. The van der Waals surface area contributed by atoms with Gasteiger partial charge in [-0.1, -0.05) is 17.7 Å². The van der Waals surface area contributed by atoms with Crippen LogP contribution in [0.25, 0.3) is 0 Å². The van der Waals surface area contributed by atoms with Gasteiger partial charge in [-0.15, -0.1) is 0 Å². The van der Waals surface area contributed by atoms with Crippen LogP contribution in [0.4, 0.5) is 0 Å². The van der Waals surface area contributed by atoms with Crippen molar-refractivity contribution in [2.24, 2.45) is 5.10 Å². The van der Waals surface area contributed by atoms with E-state index in [9.17, 15) is 4.79 Å². The summed E-state index contributed by atoms with van der Waals surface area (Å²) in [5.41, 5.74) is 3.04. The fourth-order valence-electron chi connectivity index (χ4n) is 3.26. The number of hydrazone groups is 1. The number of rotatable bonds is 3. The molecule has 5 nitrogen and oxygen atoms in total. The first-order chi connectivity index (χ1) is 10.8. The lowest BCUT2D eigenvalue weighted by molar-refractivity contribution is -0.123. The van der Waals surface area contributed by atoms with Crippen molar-refractivity contribution >= 4 is 11.6 Å². The molecule has 1 aromatic rings. The van der Waals surface area contributed by atoms with Crippen molar-refractivity contribution in [1.82, 2.24) is 10.3 Å². The largest absolute Gasteiger partial charge is 0.487 e. The molecule has 0 saturated heterocycles. The SMILES string of the molecule is CC1=NN(CC(=O)NC2CC(C)(C)Oc3ccc(C)cc32)CC1. The summed E-state index contributed by atoms with van der Waals surface area (Å²) in [6, 6.07) is 6.13. The normalized spacial score (nSPS) is 22.2. The van der Waals surface area contributed by atoms with Crippen LogP contribution in [-0.2, 0) is 4.79 Å². The predicted octanol–water partition coefficient (Wildman–Crippen LogP) is 2.80. The zero-order chi connectivity index (χ0) is 16.6. The predicted molar refractivity (Wildman–Crippen MR) is 90.7 cm³/mol. The summed E-state index contributed by atoms with van der Waals surface area (Å²) in [6.45, 7) is 9.31. The number of hydrogen-bond donors (Lipinski definition) is 1. The number of fused-ring (bicyclic) bond motifs is 1. The van der Waals surface area contributed by atoms with Crippen LogP contribution < -0.4 is 10.1 Å². The third-order valence-corrected chi connectivity index (χ3v) is 4.33. The van der Waals surface area contributed by atoms with E-state index in [0.717, 1.165) is 36.4 Å². The number of nitrogens with zero attached hydrogens (tertiary/aromatic N) is 2. The summed E-state index contributed by atoms with van der Waals surface area (Å²) >= 11 is 0. The Morgan fingerprint density at radius 3 is 2.91 bits per heavy atom. The van der Waals surface area contributed by atoms with Gasteiger partial charge < -0.3 is 10.1 Å². The Hall–Kier alpha value is -2.04. The summed E-state index contributed by atoms with van der Waals surface area (Å²) in [5, 5.41) is 9.38. The molecule has 0 bridgehead atoms. The Kier molecular flexibility index (Phi) is 4.04. The third-order valence-electron chi connectivity index (χ3n) is 4.33. The van der Waals surface area contributed by atoms with Crippen LogP contribution in [-0.4, -0.2) is 35.3 Å². The van der Waals surface area contributed by atoms with Crippen molar-refractivity contribution in [1.29, 1.82) is 0 Å². The van der Waals surface area contributed by atoms with E-state index in [0.29, 0.717) is 6.54 Å². The van der Waals surface area contributed by atoms with Gasteiger partial charge in [0.15, 0.2) is 0 Å². The van der Waals surface area contributed by atoms with Crippen molar-refractivity contribution in [2.75, 3.05) is 13.1 Å². The smallest absolute Gasteiger partial charge is 0.241 e. The summed E-state index contributed by atoms with van der Waals surface area (Å²) in [4.78, 5) is 12.4. The Bertz CT molecular complexity index is 652. The Labute approximate surface area is 137 Å². The van der Waals surface area contributed by atoms with E-state index in [1.165, 1.54) is 5.56 Å². The molecule has 3 rings (SSSR count). The van der Waals surface area contributed by atoms with E-state index in [2.05, 4.69) is 37.3 Å². The second-order valence-corrected chi connectivity index (χ2v) is 7.20. The number of carbonyl (C=O) groups excluding carboxylic acids is 1. The van der Waals surface area contributed by atoms with Crippen LogP contribution in [0.5, 0.6) is 5.75 Å². The van der Waals surface area contributed by atoms with Gasteiger partial charge in [-0.05, 0) is 33.8 Å². The van der Waals surface area contributed by atoms with E-state index < -0.39 is 0 Å². The van der Waals surface area contributed by atoms with Crippen LogP contribution >= 0.6 is 0 Å². The maximum Gasteiger partial charge on any atom is 0.241 e.